The largest absolute Gasteiger partial charge is 0.542 e. The molecule has 0 unspecified atom stereocenters. The zero-order valence-corrected chi connectivity index (χ0v) is 8.23. The number of rotatable bonds is 6. The van der Waals surface area contributed by atoms with Crippen molar-refractivity contribution in [2.75, 3.05) is 0 Å². The maximum Gasteiger partial charge on any atom is 0.376 e. The van der Waals surface area contributed by atoms with Crippen LogP contribution in [0.2, 0.25) is 0 Å². The van der Waals surface area contributed by atoms with E-state index in [4.69, 9.17) is 4.65 Å². The van der Waals surface area contributed by atoms with E-state index < -0.39 is 5.87 Å². The molecule has 0 atom stereocenters. The smallest absolute Gasteiger partial charge is 0.376 e. The molecule has 0 aromatic carbocycles. The van der Waals surface area contributed by atoms with Crippen LogP contribution >= 0.6 is 0 Å². The van der Waals surface area contributed by atoms with E-state index >= 15 is 0 Å². The van der Waals surface area contributed by atoms with Gasteiger partial charge in [0.05, 0.1) is 6.19 Å². The number of hydrogen-bond donors (Lipinski definition) is 0. The van der Waals surface area contributed by atoms with Crippen LogP contribution in [-0.2, 0) is 9.45 Å². The Balaban J connectivity index is 3.96. The molecule has 0 radical (unpaired) electrons. The van der Waals surface area contributed by atoms with E-state index in [0.29, 0.717) is 6.19 Å². The summed E-state index contributed by atoms with van der Waals surface area (Å²) < 4.78 is 4.81. The van der Waals surface area contributed by atoms with Gasteiger partial charge in [-0.3, -0.25) is 4.79 Å². The van der Waals surface area contributed by atoms with Gasteiger partial charge in [0.1, 0.15) is 0 Å². The molecule has 72 valence electrons. The summed E-state index contributed by atoms with van der Waals surface area (Å²) in [6.07, 6.45) is 7.53. The van der Waals surface area contributed by atoms with Crippen LogP contribution in [0.15, 0.2) is 36.4 Å². The molecule has 0 saturated heterocycles. The summed E-state index contributed by atoms with van der Waals surface area (Å²) in [5.41, 5.74) is 0.865. The minimum Gasteiger partial charge on any atom is -0.542 e. The van der Waals surface area contributed by atoms with Gasteiger partial charge in [-0.25, -0.2) is 0 Å². The standard InChI is InChI=1S/C9H12B2O3/c1-3-5-6-8(4-2)11-14-9(13)10-7-12/h3-7,10-11H,1H2,2H3/b6-5-,8-4+. The molecule has 0 aliphatic heterocycles. The van der Waals surface area contributed by atoms with E-state index in [9.17, 15) is 9.59 Å². The molecule has 0 saturated carbocycles. The lowest BCUT2D eigenvalue weighted by Gasteiger charge is -2.00. The van der Waals surface area contributed by atoms with Gasteiger partial charge in [-0.15, -0.1) is 0 Å². The molecule has 0 aliphatic rings. The highest BCUT2D eigenvalue weighted by Gasteiger charge is 2.05. The molecule has 0 fully saturated rings. The zero-order chi connectivity index (χ0) is 10.8. The van der Waals surface area contributed by atoms with E-state index in [2.05, 4.69) is 6.58 Å². The number of carbonyl (C=O) groups excluding carboxylic acids is 2. The lowest BCUT2D eigenvalue weighted by Crippen LogP contribution is -2.16. The van der Waals surface area contributed by atoms with Gasteiger partial charge in [0, 0.05) is 0 Å². The molecule has 14 heavy (non-hydrogen) atoms. The van der Waals surface area contributed by atoms with Gasteiger partial charge in [0.25, 0.3) is 0 Å². The third-order valence-electron chi connectivity index (χ3n) is 1.47. The van der Waals surface area contributed by atoms with Crippen LogP contribution in [-0.4, -0.2) is 26.8 Å². The summed E-state index contributed by atoms with van der Waals surface area (Å²) in [5.74, 6) is -0.508. The fourth-order valence-electron chi connectivity index (χ4n) is 0.710. The first-order valence-electron chi connectivity index (χ1n) is 4.28. The summed E-state index contributed by atoms with van der Waals surface area (Å²) >= 11 is 0. The van der Waals surface area contributed by atoms with Crippen molar-refractivity contribution in [1.82, 2.24) is 0 Å². The molecular formula is C9H12B2O3. The minimum absolute atomic E-state index is 0.188. The van der Waals surface area contributed by atoms with Crippen LogP contribution in [0.5, 0.6) is 0 Å². The average molecular weight is 190 g/mol. The van der Waals surface area contributed by atoms with Gasteiger partial charge < -0.3 is 9.45 Å². The van der Waals surface area contributed by atoms with Crippen molar-refractivity contribution >= 4 is 26.8 Å². The molecule has 3 nitrogen and oxygen atoms in total. The van der Waals surface area contributed by atoms with Crippen molar-refractivity contribution < 1.29 is 14.2 Å². The molecule has 0 aromatic rings. The summed E-state index contributed by atoms with van der Waals surface area (Å²) in [7, 11) is -0.00429. The second-order valence-electron chi connectivity index (χ2n) is 2.49. The molecule has 0 bridgehead atoms. The molecule has 0 aliphatic carbocycles. The first-order valence-corrected chi connectivity index (χ1v) is 4.28. The van der Waals surface area contributed by atoms with Crippen LogP contribution in [0.4, 0.5) is 4.79 Å². The third-order valence-corrected chi connectivity index (χ3v) is 1.47. The lowest BCUT2D eigenvalue weighted by atomic mass is 9.79. The molecule has 5 heteroatoms. The van der Waals surface area contributed by atoms with Crippen LogP contribution in [0.25, 0.3) is 0 Å². The topological polar surface area (TPSA) is 43.4 Å². The van der Waals surface area contributed by atoms with Gasteiger partial charge in [0.2, 0.25) is 5.87 Å². The Morgan fingerprint density at radius 2 is 2.21 bits per heavy atom. The number of allylic oxidation sites excluding steroid dienone is 5. The summed E-state index contributed by atoms with van der Waals surface area (Å²) in [6, 6.07) is 0. The van der Waals surface area contributed by atoms with Crippen molar-refractivity contribution in [2.24, 2.45) is 0 Å². The predicted octanol–water partition coefficient (Wildman–Crippen LogP) is 0.747. The fourth-order valence-corrected chi connectivity index (χ4v) is 0.710. The second-order valence-corrected chi connectivity index (χ2v) is 2.49. The molecular weight excluding hydrogens is 178 g/mol. The first-order chi connectivity index (χ1) is 6.74. The van der Waals surface area contributed by atoms with Gasteiger partial charge in [-0.1, -0.05) is 30.9 Å². The van der Waals surface area contributed by atoms with Gasteiger partial charge >= 0.3 is 14.8 Å². The van der Waals surface area contributed by atoms with Gasteiger partial charge in [-0.05, 0) is 12.4 Å². The van der Waals surface area contributed by atoms with Crippen LogP contribution < -0.4 is 0 Å². The van der Waals surface area contributed by atoms with Crippen molar-refractivity contribution in [3.8, 4) is 0 Å². The molecule has 0 spiro atoms. The van der Waals surface area contributed by atoms with E-state index in [-0.39, 0.29) is 14.8 Å². The SMILES string of the molecule is C=C/C=C\C(BOC(=O)BC=O)=C/C. The quantitative estimate of drug-likeness (QED) is 0.352. The molecule has 0 N–H and O–H groups in total. The Morgan fingerprint density at radius 3 is 2.71 bits per heavy atom. The summed E-state index contributed by atoms with van der Waals surface area (Å²) in [6.45, 7) is 5.37. The third kappa shape index (κ3) is 6.06. The Labute approximate surface area is 85.0 Å². The molecule has 0 amide bonds. The maximum absolute atomic E-state index is 10.8. The second kappa shape index (κ2) is 8.10. The van der Waals surface area contributed by atoms with E-state index in [0.717, 1.165) is 5.47 Å². The monoisotopic (exact) mass is 190 g/mol. The highest BCUT2D eigenvalue weighted by molar-refractivity contribution is 6.92. The highest BCUT2D eigenvalue weighted by atomic mass is 16.5. The van der Waals surface area contributed by atoms with Crippen molar-refractivity contribution in [3.63, 3.8) is 0 Å². The number of carbonyl (C=O) groups is 2. The average Bonchev–Trinajstić information content (AvgIpc) is 2.19. The van der Waals surface area contributed by atoms with Crippen molar-refractivity contribution in [3.05, 3.63) is 36.4 Å². The van der Waals surface area contributed by atoms with Gasteiger partial charge in [-0.2, -0.15) is 0 Å². The van der Waals surface area contributed by atoms with Crippen LogP contribution in [0.3, 0.4) is 0 Å². The fraction of sp³-hybridized carbons (Fsp3) is 0.111. The lowest BCUT2D eigenvalue weighted by molar-refractivity contribution is 0.228. The van der Waals surface area contributed by atoms with Crippen molar-refractivity contribution in [1.29, 1.82) is 0 Å². The summed E-state index contributed by atoms with van der Waals surface area (Å²) in [5, 5.41) is 0. The zero-order valence-electron chi connectivity index (χ0n) is 8.23. The van der Waals surface area contributed by atoms with Crippen molar-refractivity contribution in [2.45, 2.75) is 6.92 Å². The Hall–Kier alpha value is -1.51. The normalized spacial score (nSPS) is 10.8. The minimum atomic E-state index is -0.508. The molecule has 0 heterocycles. The Kier molecular flexibility index (Phi) is 7.23. The molecule has 0 aromatic heterocycles. The maximum atomic E-state index is 10.8. The van der Waals surface area contributed by atoms with Crippen LogP contribution in [0, 0.1) is 0 Å². The Morgan fingerprint density at radius 1 is 1.50 bits per heavy atom. The van der Waals surface area contributed by atoms with E-state index in [1.165, 1.54) is 0 Å². The predicted molar refractivity (Wildman–Crippen MR) is 60.6 cm³/mol. The van der Waals surface area contributed by atoms with E-state index in [1.807, 2.05) is 13.0 Å². The van der Waals surface area contributed by atoms with E-state index in [1.54, 1.807) is 18.2 Å². The Bertz CT molecular complexity index is 269. The highest BCUT2D eigenvalue weighted by Crippen LogP contribution is 1.95. The molecule has 0 rings (SSSR count). The number of hydrogen-bond acceptors (Lipinski definition) is 3. The summed E-state index contributed by atoms with van der Waals surface area (Å²) in [4.78, 5) is 20.8. The van der Waals surface area contributed by atoms with Gasteiger partial charge in [0.15, 0.2) is 0 Å². The van der Waals surface area contributed by atoms with Crippen LogP contribution in [0.1, 0.15) is 6.92 Å². The first kappa shape index (κ1) is 12.5.